The molecule has 0 bridgehead atoms. The highest BCUT2D eigenvalue weighted by atomic mass is 19.1. The number of hydrogen-bond donors (Lipinski definition) is 2. The van der Waals surface area contributed by atoms with Crippen molar-refractivity contribution in [2.24, 2.45) is 5.92 Å². The summed E-state index contributed by atoms with van der Waals surface area (Å²) in [6, 6.07) is 20.6. The van der Waals surface area contributed by atoms with E-state index in [4.69, 9.17) is 0 Å². The maximum atomic E-state index is 15.0. The number of nitrogens with one attached hydrogen (secondary N) is 2. The molecule has 1 aliphatic heterocycles. The van der Waals surface area contributed by atoms with Crippen molar-refractivity contribution in [3.8, 4) is 0 Å². The lowest BCUT2D eigenvalue weighted by Crippen LogP contribution is -2.46. The van der Waals surface area contributed by atoms with Gasteiger partial charge in [-0.05, 0) is 91.5 Å². The molecule has 1 saturated heterocycles. The lowest BCUT2D eigenvalue weighted by molar-refractivity contribution is -0.123. The van der Waals surface area contributed by atoms with E-state index in [2.05, 4.69) is 43.5 Å². The fraction of sp³-hybridized carbons (Fsp3) is 0.412. The summed E-state index contributed by atoms with van der Waals surface area (Å²) >= 11 is 0. The molecular formula is C34H40FN3O2. The van der Waals surface area contributed by atoms with Crippen LogP contribution >= 0.6 is 0 Å². The van der Waals surface area contributed by atoms with E-state index in [1.54, 1.807) is 24.0 Å². The summed E-state index contributed by atoms with van der Waals surface area (Å²) in [6.07, 6.45) is 4.81. The van der Waals surface area contributed by atoms with Crippen molar-refractivity contribution in [3.05, 3.63) is 94.8 Å². The Morgan fingerprint density at radius 2 is 1.62 bits per heavy atom. The number of carbonyl (C=O) groups is 2. The number of piperidine rings is 1. The number of benzene rings is 3. The highest BCUT2D eigenvalue weighted by Gasteiger charge is 2.40. The van der Waals surface area contributed by atoms with Gasteiger partial charge in [0.25, 0.3) is 5.91 Å². The first-order valence-corrected chi connectivity index (χ1v) is 14.5. The Bertz CT molecular complexity index is 1370. The van der Waals surface area contributed by atoms with Crippen LogP contribution in [-0.4, -0.2) is 29.3 Å². The molecule has 2 atom stereocenters. The summed E-state index contributed by atoms with van der Waals surface area (Å²) in [5.41, 5.74) is 4.36. The molecule has 0 spiro atoms. The average molecular weight is 542 g/mol. The van der Waals surface area contributed by atoms with Crippen LogP contribution in [0.5, 0.6) is 0 Å². The molecule has 3 aromatic rings. The molecule has 2 N–H and O–H groups in total. The SMILES string of the molecule is Cc1cccc(F)c1C(=O)N1CCCC(C(=O)Nc2cccc(C(C)(C)C)c2)[C@@H]1c1cccc(NC2CCC2)c1. The second-order valence-corrected chi connectivity index (χ2v) is 12.3. The van der Waals surface area contributed by atoms with E-state index in [0.717, 1.165) is 35.3 Å². The van der Waals surface area contributed by atoms with Crippen LogP contribution in [0.2, 0.25) is 0 Å². The molecule has 1 saturated carbocycles. The maximum Gasteiger partial charge on any atom is 0.257 e. The average Bonchev–Trinajstić information content (AvgIpc) is 2.90. The molecule has 2 fully saturated rings. The van der Waals surface area contributed by atoms with Gasteiger partial charge in [0.1, 0.15) is 5.82 Å². The molecule has 2 aliphatic rings. The number of carbonyl (C=O) groups excluding carboxylic acids is 2. The lowest BCUT2D eigenvalue weighted by atomic mass is 9.82. The summed E-state index contributed by atoms with van der Waals surface area (Å²) in [7, 11) is 0. The lowest BCUT2D eigenvalue weighted by Gasteiger charge is -2.41. The third-order valence-corrected chi connectivity index (χ3v) is 8.36. The summed E-state index contributed by atoms with van der Waals surface area (Å²) in [4.78, 5) is 29.6. The summed E-state index contributed by atoms with van der Waals surface area (Å²) in [6.45, 7) is 8.64. The van der Waals surface area contributed by atoms with Gasteiger partial charge in [0, 0.05) is 24.0 Å². The molecule has 1 unspecified atom stereocenters. The topological polar surface area (TPSA) is 61.4 Å². The van der Waals surface area contributed by atoms with Crippen LogP contribution in [0.1, 0.15) is 86.0 Å². The second-order valence-electron chi connectivity index (χ2n) is 12.3. The van der Waals surface area contributed by atoms with E-state index in [9.17, 15) is 14.0 Å². The fourth-order valence-corrected chi connectivity index (χ4v) is 5.86. The number of rotatable bonds is 6. The Kier molecular flexibility index (Phi) is 7.97. The van der Waals surface area contributed by atoms with Crippen LogP contribution in [0.3, 0.4) is 0 Å². The molecule has 3 aromatic carbocycles. The van der Waals surface area contributed by atoms with Gasteiger partial charge >= 0.3 is 0 Å². The first kappa shape index (κ1) is 27.9. The predicted molar refractivity (Wildman–Crippen MR) is 159 cm³/mol. The monoisotopic (exact) mass is 541 g/mol. The molecular weight excluding hydrogens is 501 g/mol. The van der Waals surface area contributed by atoms with Gasteiger partial charge in [0.2, 0.25) is 5.91 Å². The predicted octanol–water partition coefficient (Wildman–Crippen LogP) is 7.63. The Morgan fingerprint density at radius 3 is 2.33 bits per heavy atom. The Hall–Kier alpha value is -3.67. The molecule has 1 heterocycles. The smallest absolute Gasteiger partial charge is 0.257 e. The standard InChI is InChI=1S/C34H40FN3O2/c1-22-10-5-18-29(35)30(22)33(40)38-19-9-17-28(32(39)37-27-16-7-12-24(21-27)34(2,3)4)31(38)23-11-6-15-26(20-23)36-25-13-8-14-25/h5-7,10-12,15-16,18,20-21,25,28,31,36H,8-9,13-14,17,19H2,1-4H3,(H,37,39)/t28?,31-/m0/s1. The minimum atomic E-state index is -0.533. The number of hydrogen-bond acceptors (Lipinski definition) is 3. The van der Waals surface area contributed by atoms with E-state index in [1.165, 1.54) is 12.5 Å². The van der Waals surface area contributed by atoms with Crippen molar-refractivity contribution < 1.29 is 14.0 Å². The van der Waals surface area contributed by atoms with Crippen molar-refractivity contribution in [2.75, 3.05) is 17.2 Å². The summed E-state index contributed by atoms with van der Waals surface area (Å²) in [5.74, 6) is -1.52. The first-order valence-electron chi connectivity index (χ1n) is 14.5. The molecule has 40 heavy (non-hydrogen) atoms. The van der Waals surface area contributed by atoms with Crippen molar-refractivity contribution in [1.82, 2.24) is 4.90 Å². The van der Waals surface area contributed by atoms with E-state index >= 15 is 0 Å². The molecule has 0 radical (unpaired) electrons. The Morgan fingerprint density at radius 1 is 0.900 bits per heavy atom. The quantitative estimate of drug-likeness (QED) is 0.337. The van der Waals surface area contributed by atoms with Gasteiger partial charge in [-0.1, -0.05) is 57.2 Å². The van der Waals surface area contributed by atoms with Gasteiger partial charge in [-0.25, -0.2) is 4.39 Å². The first-order chi connectivity index (χ1) is 19.1. The molecule has 210 valence electrons. The number of amides is 2. The van der Waals surface area contributed by atoms with Gasteiger partial charge in [-0.2, -0.15) is 0 Å². The number of likely N-dealkylation sites (tertiary alicyclic amines) is 1. The van der Waals surface area contributed by atoms with E-state index in [0.29, 0.717) is 31.0 Å². The van der Waals surface area contributed by atoms with Crippen molar-refractivity contribution >= 4 is 23.2 Å². The zero-order valence-electron chi connectivity index (χ0n) is 24.0. The number of nitrogens with zero attached hydrogens (tertiary/aromatic N) is 1. The van der Waals surface area contributed by atoms with Crippen LogP contribution in [-0.2, 0) is 10.2 Å². The second kappa shape index (κ2) is 11.4. The largest absolute Gasteiger partial charge is 0.382 e. The third kappa shape index (κ3) is 5.91. The van der Waals surface area contributed by atoms with Gasteiger partial charge < -0.3 is 15.5 Å². The highest BCUT2D eigenvalue weighted by molar-refractivity contribution is 5.98. The fourth-order valence-electron chi connectivity index (χ4n) is 5.86. The Labute approximate surface area is 237 Å². The number of halogens is 1. The maximum absolute atomic E-state index is 15.0. The molecule has 2 amide bonds. The summed E-state index contributed by atoms with van der Waals surface area (Å²) < 4.78 is 15.0. The zero-order valence-corrected chi connectivity index (χ0v) is 24.0. The van der Waals surface area contributed by atoms with E-state index in [-0.39, 0.29) is 22.8 Å². The van der Waals surface area contributed by atoms with Crippen molar-refractivity contribution in [1.29, 1.82) is 0 Å². The van der Waals surface area contributed by atoms with Gasteiger partial charge in [-0.15, -0.1) is 0 Å². The molecule has 5 rings (SSSR count). The minimum Gasteiger partial charge on any atom is -0.382 e. The van der Waals surface area contributed by atoms with Crippen molar-refractivity contribution in [3.63, 3.8) is 0 Å². The van der Waals surface area contributed by atoms with Crippen molar-refractivity contribution in [2.45, 2.75) is 77.3 Å². The van der Waals surface area contributed by atoms with Gasteiger partial charge in [0.05, 0.1) is 17.5 Å². The van der Waals surface area contributed by atoms with Crippen LogP contribution in [0.15, 0.2) is 66.7 Å². The summed E-state index contributed by atoms with van der Waals surface area (Å²) in [5, 5.41) is 6.74. The number of anilines is 2. The minimum absolute atomic E-state index is 0.0528. The number of aryl methyl sites for hydroxylation is 1. The molecule has 0 aromatic heterocycles. The van der Waals surface area contributed by atoms with E-state index in [1.807, 2.05) is 36.4 Å². The van der Waals surface area contributed by atoms with Crippen LogP contribution in [0.25, 0.3) is 0 Å². The highest BCUT2D eigenvalue weighted by Crippen LogP contribution is 2.40. The molecule has 1 aliphatic carbocycles. The Balaban J connectivity index is 1.50. The van der Waals surface area contributed by atoms with Gasteiger partial charge in [-0.3, -0.25) is 9.59 Å². The van der Waals surface area contributed by atoms with Crippen LogP contribution < -0.4 is 10.6 Å². The van der Waals surface area contributed by atoms with Crippen LogP contribution in [0.4, 0.5) is 15.8 Å². The van der Waals surface area contributed by atoms with Crippen LogP contribution in [0, 0.1) is 18.7 Å². The van der Waals surface area contributed by atoms with E-state index < -0.39 is 17.8 Å². The zero-order chi connectivity index (χ0) is 28.4. The molecule has 5 nitrogen and oxygen atoms in total. The normalized spacial score (nSPS) is 19.6. The van der Waals surface area contributed by atoms with Gasteiger partial charge in [0.15, 0.2) is 0 Å². The third-order valence-electron chi connectivity index (χ3n) is 8.36. The molecule has 6 heteroatoms.